The Morgan fingerprint density at radius 2 is 2.04 bits per heavy atom. The maximum atomic E-state index is 10.5. The molecule has 1 aliphatic carbocycles. The van der Waals surface area contributed by atoms with Crippen LogP contribution in [0.3, 0.4) is 0 Å². The molecule has 0 saturated carbocycles. The highest BCUT2D eigenvalue weighted by Gasteiger charge is 2.32. The second-order valence-corrected chi connectivity index (χ2v) is 6.59. The van der Waals surface area contributed by atoms with Crippen LogP contribution in [0.4, 0.5) is 0 Å². The summed E-state index contributed by atoms with van der Waals surface area (Å²) in [6.45, 7) is 3.21. The molecule has 1 aliphatic heterocycles. The molecule has 7 heteroatoms. The van der Waals surface area contributed by atoms with Crippen LogP contribution in [0.1, 0.15) is 39.0 Å². The summed E-state index contributed by atoms with van der Waals surface area (Å²) in [6.07, 6.45) is 7.37. The fraction of sp³-hybridized carbons (Fsp3) is 0.706. The number of fused-ring (bicyclic) bond motifs is 1. The quantitative estimate of drug-likeness (QED) is 0.306. The Hall–Kier alpha value is -1.41. The molecule has 2 unspecified atom stereocenters. The molecule has 0 amide bonds. The number of nitrogens with one attached hydrogen (secondary N) is 1. The fourth-order valence-electron chi connectivity index (χ4n) is 3.67. The van der Waals surface area contributed by atoms with Gasteiger partial charge in [-0.25, -0.2) is 0 Å². The Bertz CT molecular complexity index is 450. The van der Waals surface area contributed by atoms with Crippen molar-refractivity contribution in [1.82, 2.24) is 5.32 Å². The van der Waals surface area contributed by atoms with Crippen molar-refractivity contribution in [2.45, 2.75) is 51.2 Å². The predicted octanol–water partition coefficient (Wildman–Crippen LogP) is 1.69. The summed E-state index contributed by atoms with van der Waals surface area (Å²) < 4.78 is 0. The van der Waals surface area contributed by atoms with Gasteiger partial charge >= 0.3 is 5.97 Å². The van der Waals surface area contributed by atoms with Crippen molar-refractivity contribution in [2.75, 3.05) is 6.54 Å². The number of aliphatic carboxylic acids is 1. The van der Waals surface area contributed by atoms with E-state index in [0.29, 0.717) is 24.2 Å². The molecular weight excluding hydrogens is 314 g/mol. The largest absolute Gasteiger partial charge is 0.481 e. The van der Waals surface area contributed by atoms with Crippen molar-refractivity contribution in [3.05, 3.63) is 23.9 Å². The average Bonchev–Trinajstić information content (AvgIpc) is 2.55. The van der Waals surface area contributed by atoms with E-state index in [0.717, 1.165) is 19.4 Å². The van der Waals surface area contributed by atoms with E-state index in [9.17, 15) is 15.0 Å². The molecule has 0 spiro atoms. The molecule has 2 rings (SSSR count). The Balaban J connectivity index is 0.00000139. The Morgan fingerprint density at radius 3 is 2.71 bits per heavy atom. The number of carboxylic acid groups (broad SMARTS) is 1. The lowest BCUT2D eigenvalue weighted by atomic mass is 9.69. The normalized spacial score (nSPS) is 27.7. The van der Waals surface area contributed by atoms with Crippen LogP contribution < -0.4 is 5.32 Å². The molecule has 0 radical (unpaired) electrons. The number of aliphatic hydroxyl groups is 2. The van der Waals surface area contributed by atoms with Gasteiger partial charge < -0.3 is 20.6 Å². The minimum absolute atomic E-state index is 0.137. The van der Waals surface area contributed by atoms with Crippen LogP contribution in [0.2, 0.25) is 0 Å². The van der Waals surface area contributed by atoms with Crippen molar-refractivity contribution < 1.29 is 30.6 Å². The molecule has 5 atom stereocenters. The number of aliphatic hydroxyl groups excluding tert-OH is 2. The van der Waals surface area contributed by atoms with E-state index in [1.807, 2.05) is 0 Å². The molecular formula is C17H29NO6. The second-order valence-electron chi connectivity index (χ2n) is 6.59. The first kappa shape index (κ1) is 20.6. The number of carboxylic acids is 1. The zero-order valence-corrected chi connectivity index (χ0v) is 14.0. The maximum absolute atomic E-state index is 10.5. The topological polar surface area (TPSA) is 130 Å². The summed E-state index contributed by atoms with van der Waals surface area (Å²) in [7, 11) is 0. The zero-order chi connectivity index (χ0) is 18.1. The van der Waals surface area contributed by atoms with Gasteiger partial charge in [0.05, 0.1) is 18.6 Å². The van der Waals surface area contributed by atoms with Crippen molar-refractivity contribution >= 4 is 5.97 Å². The van der Waals surface area contributed by atoms with Crippen LogP contribution in [0.15, 0.2) is 23.9 Å². The van der Waals surface area contributed by atoms with Gasteiger partial charge in [0.1, 0.15) is 0 Å². The lowest BCUT2D eigenvalue weighted by molar-refractivity contribution is -0.176. The highest BCUT2D eigenvalue weighted by molar-refractivity contribution is 5.67. The Labute approximate surface area is 142 Å². The smallest absolute Gasteiger partial charge is 0.305 e. The second kappa shape index (κ2) is 10.5. The third-order valence-corrected chi connectivity index (χ3v) is 4.87. The lowest BCUT2D eigenvalue weighted by Crippen LogP contribution is -2.33. The van der Waals surface area contributed by atoms with E-state index >= 15 is 0 Å². The molecule has 0 aromatic rings. The number of allylic oxidation sites excluding steroid dienone is 3. The summed E-state index contributed by atoms with van der Waals surface area (Å²) in [4.78, 5) is 10.5. The van der Waals surface area contributed by atoms with Gasteiger partial charge in [-0.3, -0.25) is 15.3 Å². The van der Waals surface area contributed by atoms with Gasteiger partial charge in [-0.05, 0) is 55.2 Å². The van der Waals surface area contributed by atoms with Gasteiger partial charge in [0.15, 0.2) is 0 Å². The van der Waals surface area contributed by atoms with Gasteiger partial charge in [-0.1, -0.05) is 19.1 Å². The van der Waals surface area contributed by atoms with Crippen LogP contribution in [-0.2, 0) is 4.79 Å². The number of rotatable bonds is 7. The van der Waals surface area contributed by atoms with E-state index in [-0.39, 0.29) is 12.8 Å². The molecule has 0 aromatic heterocycles. The van der Waals surface area contributed by atoms with Crippen LogP contribution in [0, 0.1) is 17.8 Å². The average molecular weight is 343 g/mol. The number of hydrogen-bond donors (Lipinski definition) is 6. The monoisotopic (exact) mass is 343 g/mol. The predicted molar refractivity (Wildman–Crippen MR) is 89.4 cm³/mol. The van der Waals surface area contributed by atoms with Crippen molar-refractivity contribution in [3.8, 4) is 0 Å². The molecule has 1 heterocycles. The van der Waals surface area contributed by atoms with Gasteiger partial charge in [0.25, 0.3) is 0 Å². The van der Waals surface area contributed by atoms with E-state index < -0.39 is 18.2 Å². The van der Waals surface area contributed by atoms with Crippen LogP contribution in [0.5, 0.6) is 0 Å². The van der Waals surface area contributed by atoms with E-state index in [1.54, 1.807) is 0 Å². The molecule has 0 saturated heterocycles. The molecule has 2 aliphatic rings. The third-order valence-electron chi connectivity index (χ3n) is 4.87. The highest BCUT2D eigenvalue weighted by atomic mass is 17.0. The van der Waals surface area contributed by atoms with Crippen molar-refractivity contribution in [1.29, 1.82) is 0 Å². The molecule has 0 fully saturated rings. The number of hydrogen-bond acceptors (Lipinski definition) is 6. The molecule has 0 aromatic carbocycles. The lowest BCUT2D eigenvalue weighted by Gasteiger charge is -2.37. The first-order chi connectivity index (χ1) is 11.5. The summed E-state index contributed by atoms with van der Waals surface area (Å²) in [6, 6.07) is 0. The summed E-state index contributed by atoms with van der Waals surface area (Å²) in [5, 5.41) is 43.6. The SMILES string of the molecule is C[C@H]1C=CC2=CNCCC2[C@H]1CC[C@@H](O)CC(O)CC(=O)O.OO. The van der Waals surface area contributed by atoms with E-state index in [2.05, 4.69) is 30.6 Å². The van der Waals surface area contributed by atoms with Gasteiger partial charge in [-0.2, -0.15) is 0 Å². The maximum Gasteiger partial charge on any atom is 0.305 e. The number of carbonyl (C=O) groups is 1. The van der Waals surface area contributed by atoms with E-state index in [4.69, 9.17) is 15.6 Å². The first-order valence-corrected chi connectivity index (χ1v) is 8.37. The molecule has 138 valence electrons. The van der Waals surface area contributed by atoms with E-state index in [1.165, 1.54) is 5.57 Å². The summed E-state index contributed by atoms with van der Waals surface area (Å²) >= 11 is 0. The van der Waals surface area contributed by atoms with Crippen LogP contribution in [-0.4, -0.2) is 50.6 Å². The minimum Gasteiger partial charge on any atom is -0.481 e. The zero-order valence-electron chi connectivity index (χ0n) is 14.0. The Morgan fingerprint density at radius 1 is 1.33 bits per heavy atom. The van der Waals surface area contributed by atoms with Gasteiger partial charge in [0.2, 0.25) is 0 Å². The minimum atomic E-state index is -1.03. The first-order valence-electron chi connectivity index (χ1n) is 8.37. The summed E-state index contributed by atoms with van der Waals surface area (Å²) in [5.41, 5.74) is 1.34. The Kier molecular flexibility index (Phi) is 8.99. The van der Waals surface area contributed by atoms with Crippen molar-refractivity contribution in [2.24, 2.45) is 17.8 Å². The highest BCUT2D eigenvalue weighted by Crippen LogP contribution is 2.39. The van der Waals surface area contributed by atoms with Gasteiger partial charge in [-0.15, -0.1) is 0 Å². The summed E-state index contributed by atoms with van der Waals surface area (Å²) in [5.74, 6) is 0.494. The van der Waals surface area contributed by atoms with Crippen LogP contribution in [0.25, 0.3) is 0 Å². The molecule has 0 bridgehead atoms. The fourth-order valence-corrected chi connectivity index (χ4v) is 3.67. The van der Waals surface area contributed by atoms with Crippen molar-refractivity contribution in [3.63, 3.8) is 0 Å². The standard InChI is InChI=1S/C17H27NO4.H2O2/c1-11-2-3-12-10-18-7-6-16(12)15(11)5-4-13(19)8-14(20)9-17(21)22;1-2/h2-3,10-11,13-16,18-20H,4-9H2,1H3,(H,21,22);1-2H/t11-,13+,14?,15-,16?;/m0./s1. The third kappa shape index (κ3) is 6.24. The van der Waals surface area contributed by atoms with Crippen LogP contribution >= 0.6 is 0 Å². The van der Waals surface area contributed by atoms with Gasteiger partial charge in [0, 0.05) is 6.54 Å². The molecule has 7 nitrogen and oxygen atoms in total. The molecule has 6 N–H and O–H groups in total. The molecule has 24 heavy (non-hydrogen) atoms.